The highest BCUT2D eigenvalue weighted by atomic mass is 16.7. The molecule has 0 saturated carbocycles. The summed E-state index contributed by atoms with van der Waals surface area (Å²) in [6.45, 7) is 2.04. The van der Waals surface area contributed by atoms with Crippen LogP contribution in [0.25, 0.3) is 11.1 Å². The van der Waals surface area contributed by atoms with E-state index in [2.05, 4.69) is 15.4 Å². The number of nitrogens with one attached hydrogen (secondary N) is 2. The molecule has 2 aromatic heterocycles. The van der Waals surface area contributed by atoms with Gasteiger partial charge in [-0.05, 0) is 18.4 Å². The maximum absolute atomic E-state index is 12.0. The number of rotatable bonds is 5. The summed E-state index contributed by atoms with van der Waals surface area (Å²) in [5.41, 5.74) is 2.13. The molecule has 7 heteroatoms. The average molecular weight is 265 g/mol. The van der Waals surface area contributed by atoms with Gasteiger partial charge in [0.25, 0.3) is 5.56 Å². The fourth-order valence-corrected chi connectivity index (χ4v) is 1.84. The highest BCUT2D eigenvalue weighted by molar-refractivity contribution is 5.75. The SMILES string of the molecule is CCCCc1cc(=O)oc2nc(ONC)[nH]c(=O)c12. The number of aryl methyl sites for hydroxylation is 1. The van der Waals surface area contributed by atoms with E-state index in [1.54, 1.807) is 0 Å². The molecule has 0 saturated heterocycles. The molecule has 102 valence electrons. The van der Waals surface area contributed by atoms with Crippen LogP contribution in [0.1, 0.15) is 25.3 Å². The first-order chi connectivity index (χ1) is 9.15. The Morgan fingerprint density at radius 2 is 2.26 bits per heavy atom. The van der Waals surface area contributed by atoms with E-state index < -0.39 is 5.63 Å². The van der Waals surface area contributed by atoms with Crippen molar-refractivity contribution in [3.8, 4) is 6.01 Å². The third-order valence-corrected chi connectivity index (χ3v) is 2.67. The van der Waals surface area contributed by atoms with E-state index in [1.807, 2.05) is 6.92 Å². The van der Waals surface area contributed by atoms with Crippen LogP contribution in [0.15, 0.2) is 20.1 Å². The van der Waals surface area contributed by atoms with Gasteiger partial charge < -0.3 is 9.25 Å². The zero-order chi connectivity index (χ0) is 13.8. The second-order valence-corrected chi connectivity index (χ2v) is 4.05. The monoisotopic (exact) mass is 265 g/mol. The number of nitrogens with zero attached hydrogens (tertiary/aromatic N) is 1. The molecule has 0 atom stereocenters. The molecular weight excluding hydrogens is 250 g/mol. The Kier molecular flexibility index (Phi) is 3.96. The summed E-state index contributed by atoms with van der Waals surface area (Å²) in [7, 11) is 1.53. The van der Waals surface area contributed by atoms with E-state index >= 15 is 0 Å². The molecule has 0 aliphatic heterocycles. The normalized spacial score (nSPS) is 10.8. The quantitative estimate of drug-likeness (QED) is 0.773. The highest BCUT2D eigenvalue weighted by Crippen LogP contribution is 2.14. The molecule has 2 rings (SSSR count). The molecule has 19 heavy (non-hydrogen) atoms. The van der Waals surface area contributed by atoms with Gasteiger partial charge in [0.2, 0.25) is 5.71 Å². The van der Waals surface area contributed by atoms with Gasteiger partial charge in [-0.1, -0.05) is 13.3 Å². The Bertz CT molecular complexity index is 689. The van der Waals surface area contributed by atoms with E-state index in [4.69, 9.17) is 9.25 Å². The molecule has 0 spiro atoms. The molecule has 0 unspecified atom stereocenters. The summed E-state index contributed by atoms with van der Waals surface area (Å²) in [6, 6.07) is 1.30. The van der Waals surface area contributed by atoms with Crippen molar-refractivity contribution in [1.82, 2.24) is 15.4 Å². The van der Waals surface area contributed by atoms with Gasteiger partial charge in [0.15, 0.2) is 0 Å². The second kappa shape index (κ2) is 5.66. The van der Waals surface area contributed by atoms with Crippen LogP contribution in [-0.2, 0) is 6.42 Å². The summed E-state index contributed by atoms with van der Waals surface area (Å²) in [5, 5.41) is 0.302. The number of hydrogen-bond acceptors (Lipinski definition) is 6. The molecule has 0 fully saturated rings. The number of H-pyrrole nitrogens is 1. The summed E-state index contributed by atoms with van der Waals surface area (Å²) >= 11 is 0. The van der Waals surface area contributed by atoms with Gasteiger partial charge in [0.1, 0.15) is 5.39 Å². The van der Waals surface area contributed by atoms with Crippen molar-refractivity contribution in [3.05, 3.63) is 32.4 Å². The van der Waals surface area contributed by atoms with Crippen LogP contribution < -0.4 is 21.5 Å². The summed E-state index contributed by atoms with van der Waals surface area (Å²) < 4.78 is 4.96. The smallest absolute Gasteiger partial charge is 0.337 e. The Morgan fingerprint density at radius 3 is 2.95 bits per heavy atom. The predicted octanol–water partition coefficient (Wildman–Crippen LogP) is 0.732. The van der Waals surface area contributed by atoms with E-state index in [1.165, 1.54) is 13.1 Å². The Morgan fingerprint density at radius 1 is 1.47 bits per heavy atom. The molecule has 2 heterocycles. The van der Waals surface area contributed by atoms with Gasteiger partial charge in [-0.2, -0.15) is 10.5 Å². The van der Waals surface area contributed by atoms with Crippen LogP contribution in [0.2, 0.25) is 0 Å². The van der Waals surface area contributed by atoms with Crippen LogP contribution in [0.4, 0.5) is 0 Å². The van der Waals surface area contributed by atoms with Crippen molar-refractivity contribution in [2.45, 2.75) is 26.2 Å². The molecule has 0 bridgehead atoms. The zero-order valence-corrected chi connectivity index (χ0v) is 10.8. The van der Waals surface area contributed by atoms with Gasteiger partial charge in [-0.15, -0.1) is 0 Å². The summed E-state index contributed by atoms with van der Waals surface area (Å²) in [6.07, 6.45) is 2.48. The minimum absolute atomic E-state index is 0.00685. The lowest BCUT2D eigenvalue weighted by atomic mass is 10.1. The minimum atomic E-state index is -0.521. The lowest BCUT2D eigenvalue weighted by Gasteiger charge is -2.05. The molecule has 0 radical (unpaired) electrons. The van der Waals surface area contributed by atoms with Gasteiger partial charge >= 0.3 is 11.6 Å². The maximum atomic E-state index is 12.0. The van der Waals surface area contributed by atoms with Crippen molar-refractivity contribution in [3.63, 3.8) is 0 Å². The van der Waals surface area contributed by atoms with Crippen molar-refractivity contribution in [2.24, 2.45) is 0 Å². The lowest BCUT2D eigenvalue weighted by Crippen LogP contribution is -2.19. The Balaban J connectivity index is 2.64. The Hall–Kier alpha value is -2.15. The molecule has 7 nitrogen and oxygen atoms in total. The molecule has 2 N–H and O–H groups in total. The fraction of sp³-hybridized carbons (Fsp3) is 0.417. The van der Waals surface area contributed by atoms with Crippen molar-refractivity contribution >= 4 is 11.1 Å². The predicted molar refractivity (Wildman–Crippen MR) is 69.2 cm³/mol. The first-order valence-corrected chi connectivity index (χ1v) is 6.06. The molecule has 2 aromatic rings. The number of aromatic nitrogens is 2. The van der Waals surface area contributed by atoms with Gasteiger partial charge in [0.05, 0.1) is 0 Å². The third-order valence-electron chi connectivity index (χ3n) is 2.67. The number of unbranched alkanes of at least 4 members (excludes halogenated alkanes) is 1. The molecule has 0 aliphatic carbocycles. The zero-order valence-electron chi connectivity index (χ0n) is 10.8. The largest absolute Gasteiger partial charge is 0.403 e. The number of fused-ring (bicyclic) bond motifs is 1. The third kappa shape index (κ3) is 2.82. The highest BCUT2D eigenvalue weighted by Gasteiger charge is 2.12. The van der Waals surface area contributed by atoms with Crippen molar-refractivity contribution < 1.29 is 9.25 Å². The molecule has 0 aliphatic rings. The summed E-state index contributed by atoms with van der Waals surface area (Å²) in [4.78, 5) is 34.8. The first-order valence-electron chi connectivity index (χ1n) is 6.06. The second-order valence-electron chi connectivity index (χ2n) is 4.05. The lowest BCUT2D eigenvalue weighted by molar-refractivity contribution is 0.203. The Labute approximate surface area is 108 Å². The maximum Gasteiger partial charge on any atom is 0.337 e. The molecular formula is C12H15N3O4. The van der Waals surface area contributed by atoms with Crippen LogP contribution in [0.3, 0.4) is 0 Å². The number of hydroxylamine groups is 1. The molecule has 0 aromatic carbocycles. The van der Waals surface area contributed by atoms with E-state index in [-0.39, 0.29) is 17.3 Å². The van der Waals surface area contributed by atoms with Crippen LogP contribution in [-0.4, -0.2) is 17.0 Å². The van der Waals surface area contributed by atoms with E-state index in [0.717, 1.165) is 12.8 Å². The van der Waals surface area contributed by atoms with E-state index in [9.17, 15) is 9.59 Å². The van der Waals surface area contributed by atoms with Crippen LogP contribution in [0, 0.1) is 0 Å². The summed E-state index contributed by atoms with van der Waals surface area (Å²) in [5.74, 6) is 0. The van der Waals surface area contributed by atoms with Crippen molar-refractivity contribution in [1.29, 1.82) is 0 Å². The number of aromatic amines is 1. The van der Waals surface area contributed by atoms with Crippen LogP contribution in [0.5, 0.6) is 6.01 Å². The van der Waals surface area contributed by atoms with Crippen molar-refractivity contribution in [2.75, 3.05) is 7.05 Å². The van der Waals surface area contributed by atoms with Gasteiger partial charge in [-0.25, -0.2) is 4.79 Å². The standard InChI is InChI=1S/C12H15N3O4/c1-3-4-5-7-6-8(16)18-11-9(7)10(17)14-12(15-11)19-13-2/h6,13H,3-5H2,1-2H3,(H,14,15,17). The first kappa shape index (κ1) is 13.3. The minimum Gasteiger partial charge on any atom is -0.403 e. The van der Waals surface area contributed by atoms with E-state index in [0.29, 0.717) is 17.4 Å². The van der Waals surface area contributed by atoms with Gasteiger partial charge in [0, 0.05) is 13.1 Å². The van der Waals surface area contributed by atoms with Crippen LogP contribution >= 0.6 is 0 Å². The average Bonchev–Trinajstić information content (AvgIpc) is 2.35. The number of hydrogen-bond donors (Lipinski definition) is 2. The fourth-order valence-electron chi connectivity index (χ4n) is 1.84. The van der Waals surface area contributed by atoms with Gasteiger partial charge in [-0.3, -0.25) is 9.78 Å². The topological polar surface area (TPSA) is 97.2 Å². The molecule has 0 amide bonds.